The van der Waals surface area contributed by atoms with E-state index in [9.17, 15) is 4.79 Å². The summed E-state index contributed by atoms with van der Waals surface area (Å²) in [6.07, 6.45) is -0.750. The number of esters is 1. The Morgan fingerprint density at radius 3 is 2.43 bits per heavy atom. The van der Waals surface area contributed by atoms with E-state index in [2.05, 4.69) is 11.3 Å². The summed E-state index contributed by atoms with van der Waals surface area (Å²) in [6, 6.07) is 0. The Kier molecular flexibility index (Phi) is 6.16. The number of methoxy groups -OCH3 is 1. The Labute approximate surface area is 84.8 Å². The lowest BCUT2D eigenvalue weighted by Crippen LogP contribution is -2.25. The van der Waals surface area contributed by atoms with E-state index in [0.717, 1.165) is 0 Å². The minimum atomic E-state index is -0.457. The molecule has 0 aromatic heterocycles. The largest absolute Gasteiger partial charge is 0.466 e. The van der Waals surface area contributed by atoms with Gasteiger partial charge in [0.05, 0.1) is 18.8 Å². The predicted molar refractivity (Wildman–Crippen MR) is 52.8 cm³/mol. The molecule has 2 unspecified atom stereocenters. The number of carbonyl (C=O) groups is 1. The van der Waals surface area contributed by atoms with Crippen LogP contribution in [0.25, 0.3) is 0 Å². The molecule has 14 heavy (non-hydrogen) atoms. The van der Waals surface area contributed by atoms with Crippen LogP contribution in [0.3, 0.4) is 0 Å². The average Bonchev–Trinajstić information content (AvgIpc) is 2.15. The molecule has 0 spiro atoms. The summed E-state index contributed by atoms with van der Waals surface area (Å²) in [5.41, 5.74) is 0.291. The van der Waals surface area contributed by atoms with Gasteiger partial charge in [-0.3, -0.25) is 0 Å². The molecule has 0 amide bonds. The zero-order chi connectivity index (χ0) is 11.1. The maximum absolute atomic E-state index is 11.1. The summed E-state index contributed by atoms with van der Waals surface area (Å²) in [5, 5.41) is 0. The van der Waals surface area contributed by atoms with Crippen molar-refractivity contribution in [3.05, 3.63) is 12.2 Å². The quantitative estimate of drug-likeness (QED) is 0.372. The summed E-state index contributed by atoms with van der Waals surface area (Å²) in [4.78, 5) is 11.1. The molecule has 4 heteroatoms. The number of hydrogen-bond acceptors (Lipinski definition) is 4. The molecule has 0 saturated carbocycles. The van der Waals surface area contributed by atoms with E-state index < -0.39 is 12.1 Å². The van der Waals surface area contributed by atoms with Gasteiger partial charge in [-0.15, -0.1) is 0 Å². The lowest BCUT2D eigenvalue weighted by atomic mass is 10.2. The fraction of sp³-hybridized carbons (Fsp3) is 0.700. The second-order valence-electron chi connectivity index (χ2n) is 2.82. The standard InChI is InChI=1S/C10H18O4/c1-6-13-9(4)14-8(3)7(2)10(11)12-5/h8-9H,2,6H2,1,3-5H3. The third-order valence-corrected chi connectivity index (χ3v) is 1.74. The van der Waals surface area contributed by atoms with Gasteiger partial charge in [0, 0.05) is 6.61 Å². The highest BCUT2D eigenvalue weighted by Crippen LogP contribution is 2.09. The van der Waals surface area contributed by atoms with Gasteiger partial charge in [-0.1, -0.05) is 6.58 Å². The third-order valence-electron chi connectivity index (χ3n) is 1.74. The molecule has 0 aliphatic heterocycles. The van der Waals surface area contributed by atoms with Gasteiger partial charge in [0.25, 0.3) is 0 Å². The average molecular weight is 202 g/mol. The van der Waals surface area contributed by atoms with Crippen molar-refractivity contribution in [1.82, 2.24) is 0 Å². The molecule has 0 bridgehead atoms. The fourth-order valence-corrected chi connectivity index (χ4v) is 0.941. The number of rotatable bonds is 6. The molecule has 2 atom stereocenters. The molecule has 0 radical (unpaired) electrons. The summed E-state index contributed by atoms with van der Waals surface area (Å²) in [5.74, 6) is -0.457. The van der Waals surface area contributed by atoms with Crippen molar-refractivity contribution in [2.24, 2.45) is 0 Å². The van der Waals surface area contributed by atoms with Crippen molar-refractivity contribution >= 4 is 5.97 Å². The first-order chi connectivity index (χ1) is 6.52. The molecule has 0 aliphatic carbocycles. The molecule has 0 fully saturated rings. The van der Waals surface area contributed by atoms with Crippen LogP contribution in [-0.2, 0) is 19.0 Å². The van der Waals surface area contributed by atoms with Crippen LogP contribution in [0, 0.1) is 0 Å². The molecular formula is C10H18O4. The van der Waals surface area contributed by atoms with Gasteiger partial charge in [-0.25, -0.2) is 4.79 Å². The number of hydrogen-bond donors (Lipinski definition) is 0. The number of ether oxygens (including phenoxy) is 3. The van der Waals surface area contributed by atoms with Gasteiger partial charge >= 0.3 is 5.97 Å². The van der Waals surface area contributed by atoms with Crippen LogP contribution >= 0.6 is 0 Å². The SMILES string of the molecule is C=C(C(=O)OC)C(C)OC(C)OCC. The van der Waals surface area contributed by atoms with Crippen LogP contribution in [0.5, 0.6) is 0 Å². The first-order valence-corrected chi connectivity index (χ1v) is 4.57. The van der Waals surface area contributed by atoms with Crippen LogP contribution in [0.1, 0.15) is 20.8 Å². The van der Waals surface area contributed by atoms with E-state index >= 15 is 0 Å². The molecule has 0 aromatic carbocycles. The fourth-order valence-electron chi connectivity index (χ4n) is 0.941. The normalized spacial score (nSPS) is 14.6. The Morgan fingerprint density at radius 2 is 2.00 bits per heavy atom. The summed E-state index contributed by atoms with van der Waals surface area (Å²) in [6.45, 7) is 9.53. The highest BCUT2D eigenvalue weighted by atomic mass is 16.7. The van der Waals surface area contributed by atoms with Crippen molar-refractivity contribution in [1.29, 1.82) is 0 Å². The molecule has 0 aromatic rings. The second kappa shape index (κ2) is 6.56. The first-order valence-electron chi connectivity index (χ1n) is 4.57. The summed E-state index contributed by atoms with van der Waals surface area (Å²) < 4.78 is 15.0. The third kappa shape index (κ3) is 4.39. The predicted octanol–water partition coefficient (Wildman–Crippen LogP) is 1.50. The zero-order valence-electron chi connectivity index (χ0n) is 9.20. The Hall–Kier alpha value is -0.870. The summed E-state index contributed by atoms with van der Waals surface area (Å²) >= 11 is 0. The maximum Gasteiger partial charge on any atom is 0.335 e. The Morgan fingerprint density at radius 1 is 1.43 bits per heavy atom. The Balaban J connectivity index is 4.00. The van der Waals surface area contributed by atoms with Crippen molar-refractivity contribution < 1.29 is 19.0 Å². The smallest absolute Gasteiger partial charge is 0.335 e. The summed E-state index contributed by atoms with van der Waals surface area (Å²) in [7, 11) is 1.31. The zero-order valence-corrected chi connectivity index (χ0v) is 9.20. The van der Waals surface area contributed by atoms with Gasteiger partial charge in [0.2, 0.25) is 0 Å². The molecule has 0 N–H and O–H groups in total. The molecule has 0 rings (SSSR count). The van der Waals surface area contributed by atoms with Crippen molar-refractivity contribution in [2.75, 3.05) is 13.7 Å². The lowest BCUT2D eigenvalue weighted by Gasteiger charge is -2.19. The van der Waals surface area contributed by atoms with Crippen LogP contribution < -0.4 is 0 Å². The molecule has 0 saturated heterocycles. The Bertz CT molecular complexity index is 200. The van der Waals surface area contributed by atoms with Crippen LogP contribution in [0.15, 0.2) is 12.2 Å². The monoisotopic (exact) mass is 202 g/mol. The lowest BCUT2D eigenvalue weighted by molar-refractivity contribution is -0.152. The van der Waals surface area contributed by atoms with Gasteiger partial charge in [0.1, 0.15) is 0 Å². The van der Waals surface area contributed by atoms with Crippen molar-refractivity contribution in [3.63, 3.8) is 0 Å². The first kappa shape index (κ1) is 13.1. The van der Waals surface area contributed by atoms with Crippen molar-refractivity contribution in [3.8, 4) is 0 Å². The molecule has 0 aliphatic rings. The molecular weight excluding hydrogens is 184 g/mol. The van der Waals surface area contributed by atoms with Gasteiger partial charge in [-0.2, -0.15) is 0 Å². The van der Waals surface area contributed by atoms with E-state index in [1.807, 2.05) is 6.92 Å². The minimum absolute atomic E-state index is 0.291. The molecule has 0 heterocycles. The molecule has 4 nitrogen and oxygen atoms in total. The van der Waals surface area contributed by atoms with E-state index in [1.54, 1.807) is 13.8 Å². The van der Waals surface area contributed by atoms with Crippen molar-refractivity contribution in [2.45, 2.75) is 33.2 Å². The van der Waals surface area contributed by atoms with Gasteiger partial charge in [-0.05, 0) is 20.8 Å². The minimum Gasteiger partial charge on any atom is -0.466 e. The highest BCUT2D eigenvalue weighted by molar-refractivity contribution is 5.88. The van der Waals surface area contributed by atoms with E-state index in [1.165, 1.54) is 7.11 Å². The highest BCUT2D eigenvalue weighted by Gasteiger charge is 2.17. The second-order valence-corrected chi connectivity index (χ2v) is 2.82. The topological polar surface area (TPSA) is 44.8 Å². The molecule has 82 valence electrons. The van der Waals surface area contributed by atoms with Crippen LogP contribution in [0.4, 0.5) is 0 Å². The van der Waals surface area contributed by atoms with Crippen LogP contribution in [-0.4, -0.2) is 32.1 Å². The maximum atomic E-state index is 11.1. The number of carbonyl (C=O) groups excluding carboxylic acids is 1. The van der Waals surface area contributed by atoms with E-state index in [-0.39, 0.29) is 6.29 Å². The van der Waals surface area contributed by atoms with Crippen LogP contribution in [0.2, 0.25) is 0 Å². The van der Waals surface area contributed by atoms with Gasteiger partial charge in [0.15, 0.2) is 6.29 Å². The van der Waals surface area contributed by atoms with E-state index in [0.29, 0.717) is 12.2 Å². The van der Waals surface area contributed by atoms with Gasteiger partial charge < -0.3 is 14.2 Å². The van der Waals surface area contributed by atoms with E-state index in [4.69, 9.17) is 9.47 Å².